The van der Waals surface area contributed by atoms with Gasteiger partial charge in [-0.2, -0.15) is 0 Å². The Hall–Kier alpha value is -2.86. The third-order valence-electron chi connectivity index (χ3n) is 3.76. The molecule has 2 aromatic carbocycles. The molecular formula is C19H19ClN2O4. The molecule has 2 aromatic rings. The van der Waals surface area contributed by atoms with Gasteiger partial charge in [-0.1, -0.05) is 23.7 Å². The van der Waals surface area contributed by atoms with Gasteiger partial charge < -0.3 is 15.4 Å². The van der Waals surface area contributed by atoms with Crippen LogP contribution in [0, 0.1) is 5.41 Å². The Labute approximate surface area is 156 Å². The van der Waals surface area contributed by atoms with Crippen LogP contribution in [0.2, 0.25) is 5.02 Å². The summed E-state index contributed by atoms with van der Waals surface area (Å²) in [6.07, 6.45) is 0. The van der Waals surface area contributed by atoms with Gasteiger partial charge in [0.15, 0.2) is 0 Å². The van der Waals surface area contributed by atoms with Crippen LogP contribution in [0.25, 0.3) is 0 Å². The molecular weight excluding hydrogens is 356 g/mol. The van der Waals surface area contributed by atoms with Crippen molar-refractivity contribution in [2.24, 2.45) is 5.41 Å². The van der Waals surface area contributed by atoms with Crippen LogP contribution in [0.15, 0.2) is 48.5 Å². The molecule has 26 heavy (non-hydrogen) atoms. The van der Waals surface area contributed by atoms with Crippen LogP contribution >= 0.6 is 11.6 Å². The number of carbonyl (C=O) groups is 3. The topological polar surface area (TPSA) is 84.5 Å². The summed E-state index contributed by atoms with van der Waals surface area (Å²) in [5.74, 6) is -1.51. The van der Waals surface area contributed by atoms with Crippen molar-refractivity contribution < 1.29 is 19.1 Å². The number of benzene rings is 2. The third kappa shape index (κ3) is 4.61. The third-order valence-corrected chi connectivity index (χ3v) is 3.99. The van der Waals surface area contributed by atoms with Crippen LogP contribution in [0.4, 0.5) is 11.4 Å². The Morgan fingerprint density at radius 2 is 1.46 bits per heavy atom. The lowest BCUT2D eigenvalue weighted by atomic mass is 9.90. The summed E-state index contributed by atoms with van der Waals surface area (Å²) in [7, 11) is 1.27. The van der Waals surface area contributed by atoms with Crippen molar-refractivity contribution in [3.63, 3.8) is 0 Å². The van der Waals surface area contributed by atoms with Crippen LogP contribution < -0.4 is 10.6 Å². The van der Waals surface area contributed by atoms with Crippen LogP contribution in [0.5, 0.6) is 0 Å². The smallest absolute Gasteiger partial charge is 0.337 e. The van der Waals surface area contributed by atoms with E-state index < -0.39 is 23.2 Å². The van der Waals surface area contributed by atoms with E-state index in [0.29, 0.717) is 22.0 Å². The van der Waals surface area contributed by atoms with Crippen molar-refractivity contribution in [2.45, 2.75) is 13.8 Å². The summed E-state index contributed by atoms with van der Waals surface area (Å²) < 4.78 is 4.65. The predicted octanol–water partition coefficient (Wildman–Crippen LogP) is 3.73. The van der Waals surface area contributed by atoms with Crippen molar-refractivity contribution in [1.82, 2.24) is 0 Å². The fraction of sp³-hybridized carbons (Fsp3) is 0.211. The second-order valence-electron chi connectivity index (χ2n) is 6.12. The molecule has 0 aliphatic rings. The summed E-state index contributed by atoms with van der Waals surface area (Å²) in [6, 6.07) is 12.9. The number of carbonyl (C=O) groups excluding carboxylic acids is 3. The molecule has 2 N–H and O–H groups in total. The normalized spacial score (nSPS) is 10.8. The van der Waals surface area contributed by atoms with Crippen molar-refractivity contribution >= 4 is 40.8 Å². The highest BCUT2D eigenvalue weighted by Gasteiger charge is 2.36. The van der Waals surface area contributed by atoms with E-state index in [1.165, 1.54) is 27.0 Å². The van der Waals surface area contributed by atoms with Crippen molar-refractivity contribution in [3.8, 4) is 0 Å². The lowest BCUT2D eigenvalue weighted by molar-refractivity contribution is -0.135. The van der Waals surface area contributed by atoms with Gasteiger partial charge in [0.05, 0.1) is 12.7 Å². The number of rotatable bonds is 5. The molecule has 0 saturated carbocycles. The zero-order valence-electron chi connectivity index (χ0n) is 14.6. The monoisotopic (exact) mass is 374 g/mol. The molecule has 0 aromatic heterocycles. The van der Waals surface area contributed by atoms with E-state index in [2.05, 4.69) is 15.4 Å². The minimum atomic E-state index is -1.36. The number of anilines is 2. The van der Waals surface area contributed by atoms with E-state index in [-0.39, 0.29) is 0 Å². The molecule has 2 rings (SSSR count). The van der Waals surface area contributed by atoms with E-state index in [4.69, 9.17) is 11.6 Å². The number of hydrogen-bond acceptors (Lipinski definition) is 4. The number of methoxy groups -OCH3 is 1. The minimum absolute atomic E-state index is 0.298. The molecule has 0 bridgehead atoms. The SMILES string of the molecule is COC(=O)c1cccc(NC(=O)C(C)(C)C(=O)Nc2cccc(Cl)c2)c1. The van der Waals surface area contributed by atoms with Crippen LogP contribution in [-0.2, 0) is 14.3 Å². The largest absolute Gasteiger partial charge is 0.465 e. The van der Waals surface area contributed by atoms with E-state index >= 15 is 0 Å². The maximum Gasteiger partial charge on any atom is 0.337 e. The van der Waals surface area contributed by atoms with Gasteiger partial charge in [0, 0.05) is 16.4 Å². The molecule has 136 valence electrons. The molecule has 6 nitrogen and oxygen atoms in total. The number of nitrogens with one attached hydrogen (secondary N) is 2. The van der Waals surface area contributed by atoms with Crippen LogP contribution in [0.3, 0.4) is 0 Å². The molecule has 0 fully saturated rings. The Kier molecular flexibility index (Phi) is 6.00. The number of hydrogen-bond donors (Lipinski definition) is 2. The quantitative estimate of drug-likeness (QED) is 0.617. The summed E-state index contributed by atoms with van der Waals surface area (Å²) in [5.41, 5.74) is -0.173. The minimum Gasteiger partial charge on any atom is -0.465 e. The molecule has 0 atom stereocenters. The van der Waals surface area contributed by atoms with E-state index in [1.807, 2.05) is 0 Å². The first kappa shape index (κ1) is 19.5. The highest BCUT2D eigenvalue weighted by Crippen LogP contribution is 2.23. The highest BCUT2D eigenvalue weighted by molar-refractivity contribution is 6.31. The zero-order valence-corrected chi connectivity index (χ0v) is 15.4. The number of ether oxygens (including phenoxy) is 1. The lowest BCUT2D eigenvalue weighted by Gasteiger charge is -2.23. The Balaban J connectivity index is 2.12. The Morgan fingerprint density at radius 1 is 0.923 bits per heavy atom. The second-order valence-corrected chi connectivity index (χ2v) is 6.55. The summed E-state index contributed by atoms with van der Waals surface area (Å²) in [4.78, 5) is 36.7. The summed E-state index contributed by atoms with van der Waals surface area (Å²) in [5, 5.41) is 5.79. The van der Waals surface area contributed by atoms with Crippen LogP contribution in [-0.4, -0.2) is 24.9 Å². The molecule has 0 aliphatic carbocycles. The van der Waals surface area contributed by atoms with Crippen molar-refractivity contribution in [3.05, 3.63) is 59.1 Å². The molecule has 0 heterocycles. The first-order chi connectivity index (χ1) is 12.2. The Morgan fingerprint density at radius 3 is 2.00 bits per heavy atom. The zero-order chi connectivity index (χ0) is 19.3. The van der Waals surface area contributed by atoms with Gasteiger partial charge >= 0.3 is 5.97 Å². The molecule has 7 heteroatoms. The van der Waals surface area contributed by atoms with Gasteiger partial charge in [0.25, 0.3) is 0 Å². The fourth-order valence-electron chi connectivity index (χ4n) is 2.09. The maximum atomic E-state index is 12.6. The standard InChI is InChI=1S/C19H19ClN2O4/c1-19(2,18(25)22-15-9-5-7-13(20)11-15)17(24)21-14-8-4-6-12(10-14)16(23)26-3/h4-11H,1-3H3,(H,21,24)(H,22,25). The van der Waals surface area contributed by atoms with Crippen molar-refractivity contribution in [2.75, 3.05) is 17.7 Å². The van der Waals surface area contributed by atoms with E-state index in [1.54, 1.807) is 42.5 Å². The average Bonchev–Trinajstić information content (AvgIpc) is 2.61. The van der Waals surface area contributed by atoms with Gasteiger partial charge in [-0.05, 0) is 50.2 Å². The van der Waals surface area contributed by atoms with Gasteiger partial charge in [-0.3, -0.25) is 9.59 Å². The predicted molar refractivity (Wildman–Crippen MR) is 100 cm³/mol. The molecule has 0 unspecified atom stereocenters. The lowest BCUT2D eigenvalue weighted by Crippen LogP contribution is -2.41. The highest BCUT2D eigenvalue weighted by atomic mass is 35.5. The van der Waals surface area contributed by atoms with Gasteiger partial charge in [0.1, 0.15) is 5.41 Å². The van der Waals surface area contributed by atoms with Gasteiger partial charge in [-0.25, -0.2) is 4.79 Å². The second kappa shape index (κ2) is 8.01. The molecule has 0 saturated heterocycles. The first-order valence-electron chi connectivity index (χ1n) is 7.81. The van der Waals surface area contributed by atoms with Crippen LogP contribution in [0.1, 0.15) is 24.2 Å². The molecule has 0 aliphatic heterocycles. The van der Waals surface area contributed by atoms with Crippen molar-refractivity contribution in [1.29, 1.82) is 0 Å². The van der Waals surface area contributed by atoms with Gasteiger partial charge in [0.2, 0.25) is 11.8 Å². The average molecular weight is 375 g/mol. The Bertz CT molecular complexity index is 849. The van der Waals surface area contributed by atoms with E-state index in [0.717, 1.165) is 0 Å². The number of amides is 2. The van der Waals surface area contributed by atoms with Gasteiger partial charge in [-0.15, -0.1) is 0 Å². The number of esters is 1. The summed E-state index contributed by atoms with van der Waals surface area (Å²) >= 11 is 5.90. The molecule has 0 spiro atoms. The first-order valence-corrected chi connectivity index (χ1v) is 8.18. The number of halogens is 1. The van der Waals surface area contributed by atoms with E-state index in [9.17, 15) is 14.4 Å². The molecule has 0 radical (unpaired) electrons. The summed E-state index contributed by atoms with van der Waals surface area (Å²) in [6.45, 7) is 3.01. The fourth-order valence-corrected chi connectivity index (χ4v) is 2.28. The molecule has 2 amide bonds. The maximum absolute atomic E-state index is 12.6.